The van der Waals surface area contributed by atoms with Gasteiger partial charge in [-0.05, 0) is 50.3 Å². The molecule has 1 aromatic rings. The van der Waals surface area contributed by atoms with Crippen LogP contribution in [0.3, 0.4) is 0 Å². The molecule has 132 valence electrons. The molecule has 1 aliphatic heterocycles. The molecule has 1 atom stereocenters. The highest BCUT2D eigenvalue weighted by Gasteiger charge is 2.38. The van der Waals surface area contributed by atoms with Crippen LogP contribution in [0.25, 0.3) is 0 Å². The Balaban J connectivity index is 1.63. The van der Waals surface area contributed by atoms with Gasteiger partial charge in [-0.3, -0.25) is 4.99 Å². The second-order valence-corrected chi connectivity index (χ2v) is 6.85. The molecule has 0 radical (unpaired) electrons. The molecule has 1 saturated carbocycles. The number of ether oxygens (including phenoxy) is 1. The van der Waals surface area contributed by atoms with Crippen molar-refractivity contribution in [2.24, 2.45) is 4.99 Å². The summed E-state index contributed by atoms with van der Waals surface area (Å²) in [6, 6.07) is 6.94. The van der Waals surface area contributed by atoms with E-state index in [1.54, 1.807) is 12.1 Å². The number of hydrogen-bond donors (Lipinski definition) is 2. The number of nitrogens with zero attached hydrogens (tertiary/aromatic N) is 1. The molecule has 0 amide bonds. The van der Waals surface area contributed by atoms with E-state index in [0.29, 0.717) is 6.10 Å². The molecule has 4 nitrogen and oxygen atoms in total. The van der Waals surface area contributed by atoms with Gasteiger partial charge in [0.05, 0.1) is 12.6 Å². The maximum absolute atomic E-state index is 13.2. The Morgan fingerprint density at radius 3 is 2.62 bits per heavy atom. The fourth-order valence-corrected chi connectivity index (χ4v) is 3.53. The Morgan fingerprint density at radius 1 is 1.25 bits per heavy atom. The fraction of sp³-hybridized carbons (Fsp3) is 0.632. The second kappa shape index (κ2) is 7.97. The second-order valence-electron chi connectivity index (χ2n) is 6.85. The molecule has 2 aliphatic rings. The molecule has 1 aliphatic carbocycles. The quantitative estimate of drug-likeness (QED) is 0.621. The lowest BCUT2D eigenvalue weighted by atomic mass is 9.64. The number of benzene rings is 1. The standard InChI is InChI=1S/C19H28FN3O/c1-2-21-18(22-13-17-5-3-12-24-17)23-14-19(10-4-11-19)15-6-8-16(20)9-7-15/h6-9,17H,2-5,10-14H2,1H3,(H2,21,22,23). The van der Waals surface area contributed by atoms with E-state index in [2.05, 4.69) is 17.6 Å². The summed E-state index contributed by atoms with van der Waals surface area (Å²) < 4.78 is 18.9. The number of hydrogen-bond acceptors (Lipinski definition) is 2. The smallest absolute Gasteiger partial charge is 0.191 e. The van der Waals surface area contributed by atoms with Crippen molar-refractivity contribution in [2.45, 2.75) is 50.5 Å². The topological polar surface area (TPSA) is 45.7 Å². The third-order valence-electron chi connectivity index (χ3n) is 5.17. The van der Waals surface area contributed by atoms with Crippen molar-refractivity contribution in [1.82, 2.24) is 10.6 Å². The number of aliphatic imine (C=N–C) groups is 1. The zero-order valence-corrected chi connectivity index (χ0v) is 14.5. The van der Waals surface area contributed by atoms with Crippen LogP contribution in [0.5, 0.6) is 0 Å². The van der Waals surface area contributed by atoms with Crippen LogP contribution < -0.4 is 10.6 Å². The van der Waals surface area contributed by atoms with E-state index in [0.717, 1.165) is 57.9 Å². The Kier molecular flexibility index (Phi) is 5.72. The maximum atomic E-state index is 13.2. The van der Waals surface area contributed by atoms with E-state index < -0.39 is 0 Å². The first-order valence-electron chi connectivity index (χ1n) is 9.12. The van der Waals surface area contributed by atoms with E-state index in [9.17, 15) is 4.39 Å². The normalized spacial score (nSPS) is 22.9. The van der Waals surface area contributed by atoms with Gasteiger partial charge in [-0.15, -0.1) is 0 Å². The van der Waals surface area contributed by atoms with Gasteiger partial charge in [-0.2, -0.15) is 0 Å². The molecule has 2 N–H and O–H groups in total. The van der Waals surface area contributed by atoms with E-state index in [-0.39, 0.29) is 11.2 Å². The average Bonchev–Trinajstić information content (AvgIpc) is 3.06. The predicted octanol–water partition coefficient (Wildman–Crippen LogP) is 2.98. The van der Waals surface area contributed by atoms with Gasteiger partial charge in [-0.25, -0.2) is 4.39 Å². The number of guanidine groups is 1. The van der Waals surface area contributed by atoms with E-state index in [1.807, 2.05) is 12.1 Å². The van der Waals surface area contributed by atoms with Gasteiger partial charge in [0.25, 0.3) is 0 Å². The van der Waals surface area contributed by atoms with Crippen molar-refractivity contribution >= 4 is 5.96 Å². The lowest BCUT2D eigenvalue weighted by molar-refractivity contribution is 0.113. The molecule has 5 heteroatoms. The lowest BCUT2D eigenvalue weighted by Gasteiger charge is -2.41. The van der Waals surface area contributed by atoms with Crippen LogP contribution in [0.15, 0.2) is 29.3 Å². The van der Waals surface area contributed by atoms with Crippen LogP contribution in [0, 0.1) is 5.82 Å². The molecule has 0 aromatic heterocycles. The van der Waals surface area contributed by atoms with Crippen molar-refractivity contribution in [1.29, 1.82) is 0 Å². The Morgan fingerprint density at radius 2 is 2.04 bits per heavy atom. The van der Waals surface area contributed by atoms with E-state index >= 15 is 0 Å². The molecular formula is C19H28FN3O. The van der Waals surface area contributed by atoms with Crippen LogP contribution in [-0.2, 0) is 10.2 Å². The minimum Gasteiger partial charge on any atom is -0.376 e. The Labute approximate surface area is 143 Å². The summed E-state index contributed by atoms with van der Waals surface area (Å²) in [6.45, 7) is 5.31. The fourth-order valence-electron chi connectivity index (χ4n) is 3.53. The highest BCUT2D eigenvalue weighted by Crippen LogP contribution is 2.44. The van der Waals surface area contributed by atoms with Gasteiger partial charge in [0, 0.05) is 25.1 Å². The summed E-state index contributed by atoms with van der Waals surface area (Å²) in [5, 5.41) is 6.71. The summed E-state index contributed by atoms with van der Waals surface area (Å²) >= 11 is 0. The van der Waals surface area contributed by atoms with E-state index in [1.165, 1.54) is 12.0 Å². The molecule has 1 heterocycles. The zero-order chi connectivity index (χ0) is 16.8. The summed E-state index contributed by atoms with van der Waals surface area (Å²) in [5.74, 6) is 0.671. The van der Waals surface area contributed by atoms with Crippen LogP contribution >= 0.6 is 0 Å². The minimum absolute atomic E-state index is 0.0694. The van der Waals surface area contributed by atoms with Gasteiger partial charge in [0.2, 0.25) is 0 Å². The van der Waals surface area contributed by atoms with Crippen LogP contribution in [-0.4, -0.2) is 38.3 Å². The SMILES string of the molecule is CCNC(=NCC1(c2ccc(F)cc2)CCC1)NCC1CCCO1. The van der Waals surface area contributed by atoms with Crippen LogP contribution in [0.4, 0.5) is 4.39 Å². The molecule has 2 fully saturated rings. The van der Waals surface area contributed by atoms with Gasteiger partial charge < -0.3 is 15.4 Å². The first-order valence-corrected chi connectivity index (χ1v) is 9.12. The third-order valence-corrected chi connectivity index (χ3v) is 5.17. The molecule has 1 saturated heterocycles. The third kappa shape index (κ3) is 4.07. The Hall–Kier alpha value is -1.62. The molecule has 0 spiro atoms. The van der Waals surface area contributed by atoms with Crippen molar-refractivity contribution < 1.29 is 9.13 Å². The van der Waals surface area contributed by atoms with Gasteiger partial charge >= 0.3 is 0 Å². The number of nitrogens with one attached hydrogen (secondary N) is 2. The summed E-state index contributed by atoms with van der Waals surface area (Å²) in [5.41, 5.74) is 1.27. The highest BCUT2D eigenvalue weighted by molar-refractivity contribution is 5.79. The van der Waals surface area contributed by atoms with Gasteiger partial charge in [0.1, 0.15) is 5.82 Å². The molecule has 1 aromatic carbocycles. The Bertz CT molecular complexity index is 548. The first-order chi connectivity index (χ1) is 11.7. The molecule has 3 rings (SSSR count). The molecule has 0 bridgehead atoms. The molecule has 24 heavy (non-hydrogen) atoms. The first kappa shape index (κ1) is 17.2. The van der Waals surface area contributed by atoms with Gasteiger partial charge in [0.15, 0.2) is 5.96 Å². The summed E-state index contributed by atoms with van der Waals surface area (Å²) in [7, 11) is 0. The van der Waals surface area contributed by atoms with Crippen LogP contribution in [0.1, 0.15) is 44.6 Å². The largest absolute Gasteiger partial charge is 0.376 e. The average molecular weight is 333 g/mol. The minimum atomic E-state index is -0.178. The summed E-state index contributed by atoms with van der Waals surface area (Å²) in [6.07, 6.45) is 6.01. The maximum Gasteiger partial charge on any atom is 0.191 e. The lowest BCUT2D eigenvalue weighted by Crippen LogP contribution is -2.43. The van der Waals surface area contributed by atoms with Crippen molar-refractivity contribution in [3.63, 3.8) is 0 Å². The van der Waals surface area contributed by atoms with Crippen molar-refractivity contribution in [3.05, 3.63) is 35.6 Å². The molecule has 1 unspecified atom stereocenters. The number of halogens is 1. The zero-order valence-electron chi connectivity index (χ0n) is 14.5. The monoisotopic (exact) mass is 333 g/mol. The number of rotatable bonds is 6. The van der Waals surface area contributed by atoms with E-state index in [4.69, 9.17) is 9.73 Å². The van der Waals surface area contributed by atoms with Crippen molar-refractivity contribution in [2.75, 3.05) is 26.2 Å². The van der Waals surface area contributed by atoms with Gasteiger partial charge in [-0.1, -0.05) is 18.6 Å². The molecular weight excluding hydrogens is 305 g/mol. The predicted molar refractivity (Wildman–Crippen MR) is 94.9 cm³/mol. The highest BCUT2D eigenvalue weighted by atomic mass is 19.1. The van der Waals surface area contributed by atoms with Crippen molar-refractivity contribution in [3.8, 4) is 0 Å². The van der Waals surface area contributed by atoms with Crippen LogP contribution in [0.2, 0.25) is 0 Å². The summed E-state index contributed by atoms with van der Waals surface area (Å²) in [4.78, 5) is 4.81.